The molecule has 0 aliphatic rings. The Morgan fingerprint density at radius 2 is 2.04 bits per heavy atom. The lowest BCUT2D eigenvalue weighted by atomic mass is 10.1. The summed E-state index contributed by atoms with van der Waals surface area (Å²) in [6, 6.07) is 13.1. The van der Waals surface area contributed by atoms with E-state index >= 15 is 0 Å². The van der Waals surface area contributed by atoms with E-state index in [1.165, 1.54) is 25.3 Å². The Morgan fingerprint density at radius 3 is 2.70 bits per heavy atom. The van der Waals surface area contributed by atoms with Crippen molar-refractivity contribution in [2.45, 2.75) is 6.92 Å². The van der Waals surface area contributed by atoms with Gasteiger partial charge >= 0.3 is 0 Å². The molecule has 0 aliphatic carbocycles. The third-order valence-corrected chi connectivity index (χ3v) is 3.21. The first-order valence-electron chi connectivity index (χ1n) is 6.87. The maximum absolute atomic E-state index is 13.3. The summed E-state index contributed by atoms with van der Waals surface area (Å²) in [7, 11) is 1.49. The van der Waals surface area contributed by atoms with Crippen LogP contribution in [0.25, 0.3) is 6.08 Å². The van der Waals surface area contributed by atoms with Crippen LogP contribution < -0.4 is 10.1 Å². The number of benzene rings is 2. The van der Waals surface area contributed by atoms with Gasteiger partial charge in [0.1, 0.15) is 23.2 Å². The molecule has 0 bridgehead atoms. The largest absolute Gasteiger partial charge is 0.495 e. The number of methoxy groups -OCH3 is 1. The second-order valence-electron chi connectivity index (χ2n) is 4.83. The number of hydrogen-bond acceptors (Lipinski definition) is 3. The number of carbonyl (C=O) groups excluding carboxylic acids is 1. The number of nitriles is 1. The van der Waals surface area contributed by atoms with Crippen LogP contribution in [0, 0.1) is 24.1 Å². The van der Waals surface area contributed by atoms with E-state index in [4.69, 9.17) is 4.74 Å². The maximum Gasteiger partial charge on any atom is 0.266 e. The monoisotopic (exact) mass is 310 g/mol. The summed E-state index contributed by atoms with van der Waals surface area (Å²) in [6.45, 7) is 1.62. The molecule has 0 saturated carbocycles. The fourth-order valence-electron chi connectivity index (χ4n) is 2.01. The van der Waals surface area contributed by atoms with E-state index in [1.807, 2.05) is 6.07 Å². The third kappa shape index (κ3) is 3.95. The van der Waals surface area contributed by atoms with E-state index in [0.717, 1.165) is 0 Å². The van der Waals surface area contributed by atoms with E-state index in [9.17, 15) is 14.4 Å². The lowest BCUT2D eigenvalue weighted by Gasteiger charge is -2.09. The van der Waals surface area contributed by atoms with Gasteiger partial charge in [-0.2, -0.15) is 5.26 Å². The first kappa shape index (κ1) is 16.2. The number of aryl methyl sites for hydroxylation is 1. The summed E-state index contributed by atoms with van der Waals surface area (Å²) in [5.74, 6) is -0.395. The van der Waals surface area contributed by atoms with Gasteiger partial charge in [0.2, 0.25) is 0 Å². The minimum absolute atomic E-state index is 0.0816. The molecule has 5 heteroatoms. The first-order chi connectivity index (χ1) is 11.0. The number of hydrogen-bond donors (Lipinski definition) is 1. The van der Waals surface area contributed by atoms with Gasteiger partial charge in [0.15, 0.2) is 0 Å². The SMILES string of the molecule is COc1ccccc1NC(=O)/C(C#N)=C\c1ccc(F)c(C)c1. The highest BCUT2D eigenvalue weighted by Gasteiger charge is 2.12. The molecule has 116 valence electrons. The Morgan fingerprint density at radius 1 is 1.30 bits per heavy atom. The molecule has 0 unspecified atom stereocenters. The van der Waals surface area contributed by atoms with Crippen molar-refractivity contribution in [2.75, 3.05) is 12.4 Å². The number of nitrogens with zero attached hydrogens (tertiary/aromatic N) is 1. The van der Waals surface area contributed by atoms with Crippen molar-refractivity contribution in [3.63, 3.8) is 0 Å². The second-order valence-corrected chi connectivity index (χ2v) is 4.83. The number of carbonyl (C=O) groups is 1. The van der Waals surface area contributed by atoms with Crippen LogP contribution in [0.2, 0.25) is 0 Å². The van der Waals surface area contributed by atoms with Crippen LogP contribution in [0.3, 0.4) is 0 Å². The minimum atomic E-state index is -0.557. The van der Waals surface area contributed by atoms with Crippen molar-refractivity contribution in [2.24, 2.45) is 0 Å². The molecule has 0 fully saturated rings. The van der Waals surface area contributed by atoms with Crippen LogP contribution in [-0.2, 0) is 4.79 Å². The lowest BCUT2D eigenvalue weighted by molar-refractivity contribution is -0.112. The van der Waals surface area contributed by atoms with Crippen molar-refractivity contribution in [3.8, 4) is 11.8 Å². The minimum Gasteiger partial charge on any atom is -0.495 e. The van der Waals surface area contributed by atoms with Gasteiger partial charge in [-0.1, -0.05) is 18.2 Å². The maximum atomic E-state index is 13.3. The van der Waals surface area contributed by atoms with Crippen LogP contribution >= 0.6 is 0 Å². The van der Waals surface area contributed by atoms with Crippen LogP contribution in [-0.4, -0.2) is 13.0 Å². The fraction of sp³-hybridized carbons (Fsp3) is 0.111. The summed E-state index contributed by atoms with van der Waals surface area (Å²) in [4.78, 5) is 12.2. The van der Waals surface area contributed by atoms with Crippen LogP contribution in [0.5, 0.6) is 5.75 Å². The standard InChI is InChI=1S/C18H15FN2O2/c1-12-9-13(7-8-15(12)19)10-14(11-20)18(22)21-16-5-3-4-6-17(16)23-2/h3-10H,1-2H3,(H,21,22)/b14-10-. The molecule has 0 atom stereocenters. The van der Waals surface area contributed by atoms with Gasteiger partial charge in [0, 0.05) is 0 Å². The molecule has 0 radical (unpaired) electrons. The van der Waals surface area contributed by atoms with Crippen LogP contribution in [0.1, 0.15) is 11.1 Å². The van der Waals surface area contributed by atoms with Crippen molar-refractivity contribution >= 4 is 17.7 Å². The molecule has 0 aliphatic heterocycles. The van der Waals surface area contributed by atoms with Crippen molar-refractivity contribution < 1.29 is 13.9 Å². The Hall–Kier alpha value is -3.13. The first-order valence-corrected chi connectivity index (χ1v) is 6.87. The fourth-order valence-corrected chi connectivity index (χ4v) is 2.01. The molecule has 0 spiro atoms. The summed E-state index contributed by atoms with van der Waals surface area (Å²) >= 11 is 0. The van der Waals surface area contributed by atoms with Gasteiger partial charge in [-0.3, -0.25) is 4.79 Å². The summed E-state index contributed by atoms with van der Waals surface area (Å²) < 4.78 is 18.4. The van der Waals surface area contributed by atoms with E-state index in [0.29, 0.717) is 22.6 Å². The molecule has 0 heterocycles. The van der Waals surface area contributed by atoms with Gasteiger partial charge in [0.05, 0.1) is 12.8 Å². The average molecular weight is 310 g/mol. The molecular weight excluding hydrogens is 295 g/mol. The zero-order valence-electron chi connectivity index (χ0n) is 12.8. The lowest BCUT2D eigenvalue weighted by Crippen LogP contribution is -2.14. The molecule has 1 amide bonds. The van der Waals surface area contributed by atoms with E-state index < -0.39 is 5.91 Å². The van der Waals surface area contributed by atoms with Gasteiger partial charge in [-0.05, 0) is 48.4 Å². The number of nitrogens with one attached hydrogen (secondary N) is 1. The zero-order chi connectivity index (χ0) is 16.8. The predicted octanol–water partition coefficient (Wildman–Crippen LogP) is 3.69. The predicted molar refractivity (Wildman–Crippen MR) is 86.4 cm³/mol. The van der Waals surface area contributed by atoms with Crippen molar-refractivity contribution in [1.29, 1.82) is 5.26 Å². The molecule has 23 heavy (non-hydrogen) atoms. The summed E-state index contributed by atoms with van der Waals surface area (Å²) in [5, 5.41) is 11.8. The van der Waals surface area contributed by atoms with Gasteiger partial charge in [-0.15, -0.1) is 0 Å². The smallest absolute Gasteiger partial charge is 0.266 e. The summed E-state index contributed by atoms with van der Waals surface area (Å²) in [6.07, 6.45) is 1.41. The number of halogens is 1. The van der Waals surface area contributed by atoms with Crippen molar-refractivity contribution in [1.82, 2.24) is 0 Å². The molecule has 2 rings (SSSR count). The Bertz CT molecular complexity index is 807. The van der Waals surface area contributed by atoms with Crippen molar-refractivity contribution in [3.05, 3.63) is 65.0 Å². The normalized spacial score (nSPS) is 10.8. The number of para-hydroxylation sites is 2. The van der Waals surface area contributed by atoms with Gasteiger partial charge in [0.25, 0.3) is 5.91 Å². The number of rotatable bonds is 4. The summed E-state index contributed by atoms with van der Waals surface area (Å²) in [5.41, 5.74) is 1.41. The molecule has 1 N–H and O–H groups in total. The highest BCUT2D eigenvalue weighted by Crippen LogP contribution is 2.23. The highest BCUT2D eigenvalue weighted by atomic mass is 19.1. The molecule has 0 saturated heterocycles. The third-order valence-electron chi connectivity index (χ3n) is 3.21. The molecular formula is C18H15FN2O2. The second kappa shape index (κ2) is 7.23. The highest BCUT2D eigenvalue weighted by molar-refractivity contribution is 6.10. The average Bonchev–Trinajstić information content (AvgIpc) is 2.56. The van der Waals surface area contributed by atoms with Crippen LogP contribution in [0.15, 0.2) is 48.0 Å². The van der Waals surface area contributed by atoms with E-state index in [-0.39, 0.29) is 11.4 Å². The molecule has 2 aromatic rings. The van der Waals surface area contributed by atoms with E-state index in [2.05, 4.69) is 5.32 Å². The number of amides is 1. The molecule has 2 aromatic carbocycles. The topological polar surface area (TPSA) is 62.1 Å². The number of ether oxygens (including phenoxy) is 1. The van der Waals surface area contributed by atoms with E-state index in [1.54, 1.807) is 37.3 Å². The molecule has 0 aromatic heterocycles. The number of anilines is 1. The van der Waals surface area contributed by atoms with Gasteiger partial charge in [-0.25, -0.2) is 4.39 Å². The zero-order valence-corrected chi connectivity index (χ0v) is 12.8. The Balaban J connectivity index is 2.26. The Labute approximate surface area is 133 Å². The molecule has 4 nitrogen and oxygen atoms in total. The Kier molecular flexibility index (Phi) is 5.11. The quantitative estimate of drug-likeness (QED) is 0.692. The van der Waals surface area contributed by atoms with Crippen LogP contribution in [0.4, 0.5) is 10.1 Å². The van der Waals surface area contributed by atoms with Gasteiger partial charge < -0.3 is 10.1 Å².